The molecule has 0 aromatic heterocycles. The zero-order chi connectivity index (χ0) is 15.8. The van der Waals surface area contributed by atoms with E-state index in [2.05, 4.69) is 54.5 Å². The smallest absolute Gasteiger partial charge is 0.142 e. The van der Waals surface area contributed by atoms with Crippen LogP contribution >= 0.6 is 0 Å². The van der Waals surface area contributed by atoms with Crippen molar-refractivity contribution in [3.8, 4) is 5.75 Å². The first-order valence-electron chi connectivity index (χ1n) is 8.72. The number of ether oxygens (including phenoxy) is 1. The molecule has 0 spiro atoms. The summed E-state index contributed by atoms with van der Waals surface area (Å²) in [6, 6.07) is 7.07. The summed E-state index contributed by atoms with van der Waals surface area (Å²) >= 11 is 0. The fourth-order valence-electron chi connectivity index (χ4n) is 2.93. The third-order valence-corrected chi connectivity index (χ3v) is 4.45. The van der Waals surface area contributed by atoms with Crippen LogP contribution in [0.1, 0.15) is 32.8 Å². The van der Waals surface area contributed by atoms with Gasteiger partial charge in [-0.05, 0) is 43.6 Å². The summed E-state index contributed by atoms with van der Waals surface area (Å²) in [6.45, 7) is 12.8. The summed E-state index contributed by atoms with van der Waals surface area (Å²) in [7, 11) is 0. The summed E-state index contributed by atoms with van der Waals surface area (Å²) in [4.78, 5) is 2.46. The standard InChI is InChI=1S/C18H31N3O/c1-4-16(19-9-11-21(5-2)6-3)13-15-7-8-18-17(14-15)20-10-12-22-18/h7-8,14,16,19-20H,4-6,9-13H2,1-3H3. The summed E-state index contributed by atoms with van der Waals surface area (Å²) in [5, 5.41) is 7.12. The maximum atomic E-state index is 5.64. The lowest BCUT2D eigenvalue weighted by molar-refractivity contribution is 0.295. The van der Waals surface area contributed by atoms with Gasteiger partial charge in [-0.3, -0.25) is 0 Å². The molecular formula is C18H31N3O. The fraction of sp³-hybridized carbons (Fsp3) is 0.667. The Balaban J connectivity index is 1.84. The molecule has 0 radical (unpaired) electrons. The molecule has 2 rings (SSSR count). The van der Waals surface area contributed by atoms with Gasteiger partial charge in [0.1, 0.15) is 12.4 Å². The molecule has 124 valence electrons. The highest BCUT2D eigenvalue weighted by atomic mass is 16.5. The zero-order valence-electron chi connectivity index (χ0n) is 14.3. The van der Waals surface area contributed by atoms with Crippen molar-refractivity contribution in [3.05, 3.63) is 23.8 Å². The van der Waals surface area contributed by atoms with E-state index >= 15 is 0 Å². The summed E-state index contributed by atoms with van der Waals surface area (Å²) < 4.78 is 5.64. The normalized spacial score (nSPS) is 15.1. The van der Waals surface area contributed by atoms with Gasteiger partial charge in [0.25, 0.3) is 0 Å². The maximum Gasteiger partial charge on any atom is 0.142 e. The van der Waals surface area contributed by atoms with Crippen LogP contribution in [0.15, 0.2) is 18.2 Å². The van der Waals surface area contributed by atoms with E-state index in [1.165, 1.54) is 5.56 Å². The number of hydrogen-bond acceptors (Lipinski definition) is 4. The van der Waals surface area contributed by atoms with Crippen LogP contribution in [0.25, 0.3) is 0 Å². The quantitative estimate of drug-likeness (QED) is 0.735. The topological polar surface area (TPSA) is 36.5 Å². The van der Waals surface area contributed by atoms with Gasteiger partial charge in [0.2, 0.25) is 0 Å². The lowest BCUT2D eigenvalue weighted by Gasteiger charge is -2.23. The Bertz CT molecular complexity index is 446. The van der Waals surface area contributed by atoms with Gasteiger partial charge in [0.05, 0.1) is 5.69 Å². The van der Waals surface area contributed by atoms with E-state index in [-0.39, 0.29) is 0 Å². The number of nitrogens with one attached hydrogen (secondary N) is 2. The number of anilines is 1. The first-order valence-corrected chi connectivity index (χ1v) is 8.72. The van der Waals surface area contributed by atoms with E-state index in [1.54, 1.807) is 0 Å². The number of nitrogens with zero attached hydrogens (tertiary/aromatic N) is 1. The molecule has 0 saturated heterocycles. The van der Waals surface area contributed by atoms with Crippen LogP contribution < -0.4 is 15.4 Å². The zero-order valence-corrected chi connectivity index (χ0v) is 14.3. The van der Waals surface area contributed by atoms with Gasteiger partial charge in [-0.25, -0.2) is 0 Å². The molecule has 0 saturated carbocycles. The molecule has 0 fully saturated rings. The van der Waals surface area contributed by atoms with Crippen LogP contribution in [0, 0.1) is 0 Å². The van der Waals surface area contributed by atoms with Crippen molar-refractivity contribution in [2.45, 2.75) is 39.7 Å². The van der Waals surface area contributed by atoms with Gasteiger partial charge in [0.15, 0.2) is 0 Å². The third kappa shape index (κ3) is 4.89. The predicted molar refractivity (Wildman–Crippen MR) is 94.0 cm³/mol. The molecule has 1 atom stereocenters. The Morgan fingerprint density at radius 2 is 2.09 bits per heavy atom. The monoisotopic (exact) mass is 305 g/mol. The first kappa shape index (κ1) is 17.1. The van der Waals surface area contributed by atoms with Crippen molar-refractivity contribution >= 4 is 5.69 Å². The van der Waals surface area contributed by atoms with Crippen LogP contribution in [0.2, 0.25) is 0 Å². The van der Waals surface area contributed by atoms with Crippen LogP contribution in [0.4, 0.5) is 5.69 Å². The molecule has 1 aromatic rings. The Labute approximate surface area is 135 Å². The van der Waals surface area contributed by atoms with Crippen molar-refractivity contribution in [2.75, 3.05) is 44.6 Å². The SMILES string of the molecule is CCC(Cc1ccc2c(c1)NCCO2)NCCN(CC)CC. The second-order valence-corrected chi connectivity index (χ2v) is 5.90. The summed E-state index contributed by atoms with van der Waals surface area (Å²) in [5.41, 5.74) is 2.51. The predicted octanol–water partition coefficient (Wildman–Crippen LogP) is 2.74. The molecule has 22 heavy (non-hydrogen) atoms. The minimum atomic E-state index is 0.540. The van der Waals surface area contributed by atoms with E-state index < -0.39 is 0 Å². The lowest BCUT2D eigenvalue weighted by Crippen LogP contribution is -2.38. The average molecular weight is 305 g/mol. The maximum absolute atomic E-state index is 5.64. The van der Waals surface area contributed by atoms with Crippen molar-refractivity contribution in [2.24, 2.45) is 0 Å². The molecule has 1 unspecified atom stereocenters. The Morgan fingerprint density at radius 3 is 2.82 bits per heavy atom. The molecule has 0 amide bonds. The Hall–Kier alpha value is -1.26. The van der Waals surface area contributed by atoms with E-state index in [4.69, 9.17) is 4.74 Å². The number of hydrogen-bond donors (Lipinski definition) is 2. The molecular weight excluding hydrogens is 274 g/mol. The van der Waals surface area contributed by atoms with Crippen molar-refractivity contribution in [3.63, 3.8) is 0 Å². The highest BCUT2D eigenvalue weighted by Gasteiger charge is 2.12. The van der Waals surface area contributed by atoms with Gasteiger partial charge in [0, 0.05) is 25.7 Å². The second kappa shape index (κ2) is 9.01. The highest BCUT2D eigenvalue weighted by Crippen LogP contribution is 2.28. The molecule has 2 N–H and O–H groups in total. The van der Waals surface area contributed by atoms with E-state index in [0.29, 0.717) is 6.04 Å². The minimum Gasteiger partial charge on any atom is -0.490 e. The van der Waals surface area contributed by atoms with Crippen LogP contribution in [-0.2, 0) is 6.42 Å². The molecule has 0 bridgehead atoms. The van der Waals surface area contributed by atoms with E-state index in [0.717, 1.165) is 63.6 Å². The summed E-state index contributed by atoms with van der Waals surface area (Å²) in [5.74, 6) is 0.984. The van der Waals surface area contributed by atoms with Crippen molar-refractivity contribution in [1.29, 1.82) is 0 Å². The van der Waals surface area contributed by atoms with Crippen LogP contribution in [0.3, 0.4) is 0 Å². The molecule has 1 aliphatic heterocycles. The largest absolute Gasteiger partial charge is 0.490 e. The van der Waals surface area contributed by atoms with Crippen molar-refractivity contribution in [1.82, 2.24) is 10.2 Å². The third-order valence-electron chi connectivity index (χ3n) is 4.45. The second-order valence-electron chi connectivity index (χ2n) is 5.90. The Morgan fingerprint density at radius 1 is 1.27 bits per heavy atom. The number of likely N-dealkylation sites (N-methyl/N-ethyl adjacent to an activating group) is 1. The van der Waals surface area contributed by atoms with Crippen molar-refractivity contribution < 1.29 is 4.74 Å². The molecule has 1 aromatic carbocycles. The highest BCUT2D eigenvalue weighted by molar-refractivity contribution is 5.59. The van der Waals surface area contributed by atoms with E-state index in [9.17, 15) is 0 Å². The van der Waals surface area contributed by atoms with Crippen LogP contribution in [-0.4, -0.2) is 50.3 Å². The van der Waals surface area contributed by atoms with Gasteiger partial charge in [-0.1, -0.05) is 26.8 Å². The van der Waals surface area contributed by atoms with Gasteiger partial charge < -0.3 is 20.3 Å². The number of fused-ring (bicyclic) bond motifs is 1. The first-order chi connectivity index (χ1) is 10.8. The average Bonchev–Trinajstić information content (AvgIpc) is 2.57. The number of rotatable bonds is 9. The molecule has 4 nitrogen and oxygen atoms in total. The number of benzene rings is 1. The molecule has 1 heterocycles. The van der Waals surface area contributed by atoms with Gasteiger partial charge in [-0.2, -0.15) is 0 Å². The Kier molecular flexibility index (Phi) is 7.00. The molecule has 4 heteroatoms. The minimum absolute atomic E-state index is 0.540. The summed E-state index contributed by atoms with van der Waals surface area (Å²) in [6.07, 6.45) is 2.23. The molecule has 0 aliphatic carbocycles. The fourth-order valence-corrected chi connectivity index (χ4v) is 2.93. The van der Waals surface area contributed by atoms with Crippen LogP contribution in [0.5, 0.6) is 5.75 Å². The molecule has 1 aliphatic rings. The van der Waals surface area contributed by atoms with E-state index in [1.807, 2.05) is 0 Å². The van der Waals surface area contributed by atoms with Gasteiger partial charge in [-0.15, -0.1) is 0 Å². The lowest BCUT2D eigenvalue weighted by atomic mass is 10.0. The van der Waals surface area contributed by atoms with Gasteiger partial charge >= 0.3 is 0 Å².